The Balaban J connectivity index is 0.566. The summed E-state index contributed by atoms with van der Waals surface area (Å²) in [5.41, 5.74) is 35.5. The molecule has 0 spiro atoms. The van der Waals surface area contributed by atoms with Gasteiger partial charge in [0.2, 0.25) is 0 Å². The van der Waals surface area contributed by atoms with E-state index in [2.05, 4.69) is 435 Å². The second-order valence-electron chi connectivity index (χ2n) is 32.7. The fraction of sp³-hybridized carbons (Fsp3) is 0.0427. The van der Waals surface area contributed by atoms with E-state index in [1.807, 2.05) is 36.4 Å². The summed E-state index contributed by atoms with van der Waals surface area (Å²) in [6.45, 7) is 12.9. The number of halogens is 2. The molecular weight excluding hydrogens is 1500 g/mol. The molecule has 0 amide bonds. The molecular formula is C117H84F2N4. The van der Waals surface area contributed by atoms with Crippen molar-refractivity contribution < 1.29 is 8.78 Å². The van der Waals surface area contributed by atoms with E-state index in [-0.39, 0.29) is 17.0 Å². The molecule has 0 fully saturated rings. The second-order valence-corrected chi connectivity index (χ2v) is 32.7. The molecule has 4 nitrogen and oxygen atoms in total. The van der Waals surface area contributed by atoms with E-state index in [0.29, 0.717) is 0 Å². The molecule has 2 unspecified atom stereocenters. The van der Waals surface area contributed by atoms with Gasteiger partial charge < -0.3 is 19.6 Å². The number of benzene rings is 18. The second kappa shape index (κ2) is 30.7. The SMILES string of the molecule is C=Cc1ccc(C2(c3ccc(F)cc3)c3ccccc3-c3ccc(N(c4ccccc4)c4ccc(-c5ccc(N(c6ccccc6)c6ccc7c(c6)C(C)(C)c6cc(N(c8ccccc8)c8ccc(-c9ccc(N(c%10ccccc%10)c%10ccc%11c(c%10)C(c%10ccc(F)cc%10)(c%10ccc(C=C)cc%10)c%10ccccc%10-%11)cc9)cc8)ccc6-7)cc5)cc4)cc32)cc1. The normalized spacial score (nSPS) is 14.7. The van der Waals surface area contributed by atoms with Crippen LogP contribution in [-0.2, 0) is 16.2 Å². The molecule has 21 rings (SSSR count). The summed E-state index contributed by atoms with van der Waals surface area (Å²) in [7, 11) is 0. The zero-order chi connectivity index (χ0) is 82.9. The minimum absolute atomic E-state index is 0.272. The van der Waals surface area contributed by atoms with Crippen molar-refractivity contribution in [3.8, 4) is 55.6 Å². The van der Waals surface area contributed by atoms with E-state index in [0.717, 1.165) is 168 Å². The summed E-state index contributed by atoms with van der Waals surface area (Å²) in [5.74, 6) is -0.543. The quantitative estimate of drug-likeness (QED) is 0.0754. The Morgan fingerprint density at radius 2 is 0.415 bits per heavy atom. The lowest BCUT2D eigenvalue weighted by molar-refractivity contribution is 0.624. The van der Waals surface area contributed by atoms with Crippen molar-refractivity contribution >= 4 is 80.4 Å². The molecule has 0 saturated heterocycles. The molecule has 0 radical (unpaired) electrons. The van der Waals surface area contributed by atoms with Crippen molar-refractivity contribution in [2.24, 2.45) is 0 Å². The highest BCUT2D eigenvalue weighted by atomic mass is 19.1. The van der Waals surface area contributed by atoms with Gasteiger partial charge in [0.05, 0.1) is 10.8 Å². The lowest BCUT2D eigenvalue weighted by Gasteiger charge is -2.35. The van der Waals surface area contributed by atoms with Gasteiger partial charge in [0.25, 0.3) is 0 Å². The highest BCUT2D eigenvalue weighted by molar-refractivity contribution is 5.94. The first kappa shape index (κ1) is 75.0. The van der Waals surface area contributed by atoms with Crippen molar-refractivity contribution in [2.45, 2.75) is 30.1 Å². The minimum atomic E-state index is -0.742. The van der Waals surface area contributed by atoms with Gasteiger partial charge >= 0.3 is 0 Å². The molecule has 0 aromatic heterocycles. The summed E-state index contributed by atoms with van der Waals surface area (Å²) >= 11 is 0. The minimum Gasteiger partial charge on any atom is -0.310 e. The molecule has 0 bridgehead atoms. The number of rotatable bonds is 20. The van der Waals surface area contributed by atoms with Gasteiger partial charge in [-0.25, -0.2) is 8.78 Å². The third-order valence-corrected chi connectivity index (χ3v) is 25.7. The van der Waals surface area contributed by atoms with Crippen LogP contribution in [0, 0.1) is 11.6 Å². The van der Waals surface area contributed by atoms with E-state index in [4.69, 9.17) is 0 Å². The topological polar surface area (TPSA) is 13.0 Å². The molecule has 586 valence electrons. The maximum absolute atomic E-state index is 15.0. The molecule has 6 heteroatoms. The van der Waals surface area contributed by atoms with Gasteiger partial charge in [-0.05, 0) is 292 Å². The molecule has 123 heavy (non-hydrogen) atoms. The van der Waals surface area contributed by atoms with Gasteiger partial charge in [0.1, 0.15) is 11.6 Å². The third kappa shape index (κ3) is 12.7. The van der Waals surface area contributed by atoms with Crippen LogP contribution >= 0.6 is 0 Å². The maximum atomic E-state index is 15.0. The number of hydrogen-bond acceptors (Lipinski definition) is 4. The van der Waals surface area contributed by atoms with Gasteiger partial charge in [-0.3, -0.25) is 0 Å². The predicted molar refractivity (Wildman–Crippen MR) is 508 cm³/mol. The fourth-order valence-corrected chi connectivity index (χ4v) is 19.8. The standard InChI is InChI=1S/C117H84F2N4/c1-5-79-35-47-85(48-36-79)116(87-51-55-89(118)56-52-87)109-33-21-19-31-103(109)107-73-69-101(77-113(107)116)122(93-27-15-9-16-28-93)97-63-43-83(44-64-97)81-39-59-95(60-40-81)120(91-23-11-7-12-24-91)99-67-71-105-106-72-68-100(76-112(106)115(3,4)111(105)75-99)121(92-25-13-8-14-26-92)96-61-41-82(42-62-96)84-45-65-98(66-46-84)123(94-29-17-10-18-30-94)102-70-74-108-104-32-20-22-34-110(104)117(114(108)78-102,88-53-57-90(119)58-54-88)86-49-37-80(6-2)38-50-86/h5-78H,1-2H2,3-4H3. The molecule has 0 heterocycles. The lowest BCUT2D eigenvalue weighted by Crippen LogP contribution is -2.29. The summed E-state index contributed by atoms with van der Waals surface area (Å²) < 4.78 is 30.0. The van der Waals surface area contributed by atoms with Gasteiger partial charge in [-0.2, -0.15) is 0 Å². The lowest BCUT2D eigenvalue weighted by atomic mass is 9.67. The Morgan fingerprint density at radius 3 is 0.683 bits per heavy atom. The Bertz CT molecular complexity index is 6590. The number of nitrogens with zero attached hydrogens (tertiary/aromatic N) is 4. The monoisotopic (exact) mass is 1580 g/mol. The van der Waals surface area contributed by atoms with E-state index >= 15 is 0 Å². The molecule has 18 aromatic rings. The van der Waals surface area contributed by atoms with Crippen LogP contribution in [0.4, 0.5) is 77.0 Å². The van der Waals surface area contributed by atoms with Crippen LogP contribution in [-0.4, -0.2) is 0 Å². The van der Waals surface area contributed by atoms with E-state index < -0.39 is 10.8 Å². The molecule has 3 aliphatic carbocycles. The zero-order valence-corrected chi connectivity index (χ0v) is 68.2. The van der Waals surface area contributed by atoms with E-state index in [9.17, 15) is 8.78 Å². The molecule has 0 aliphatic heterocycles. The van der Waals surface area contributed by atoms with Gasteiger partial charge in [0.15, 0.2) is 0 Å². The summed E-state index contributed by atoms with van der Waals surface area (Å²) in [5, 5.41) is 0. The van der Waals surface area contributed by atoms with Gasteiger partial charge in [-0.15, -0.1) is 0 Å². The van der Waals surface area contributed by atoms with Crippen LogP contribution in [0.25, 0.3) is 67.8 Å². The van der Waals surface area contributed by atoms with Crippen LogP contribution in [0.5, 0.6) is 0 Å². The smallest absolute Gasteiger partial charge is 0.123 e. The first-order valence-corrected chi connectivity index (χ1v) is 42.0. The average molecular weight is 1580 g/mol. The zero-order valence-electron chi connectivity index (χ0n) is 68.2. The average Bonchev–Trinajstić information content (AvgIpc) is 1.60. The van der Waals surface area contributed by atoms with Crippen LogP contribution in [0.3, 0.4) is 0 Å². The van der Waals surface area contributed by atoms with Gasteiger partial charge in [0, 0.05) is 73.7 Å². The Hall–Kier alpha value is -15.5. The highest BCUT2D eigenvalue weighted by Gasteiger charge is 2.49. The van der Waals surface area contributed by atoms with Crippen molar-refractivity contribution in [3.63, 3.8) is 0 Å². The van der Waals surface area contributed by atoms with E-state index in [1.54, 1.807) is 24.3 Å². The Labute approximate surface area is 718 Å². The summed E-state index contributed by atoms with van der Waals surface area (Å²) in [6.07, 6.45) is 3.75. The van der Waals surface area contributed by atoms with Crippen LogP contribution in [0.2, 0.25) is 0 Å². The molecule has 3 aliphatic rings. The van der Waals surface area contributed by atoms with Gasteiger partial charge in [-0.1, -0.05) is 306 Å². The van der Waals surface area contributed by atoms with Crippen molar-refractivity contribution in [1.29, 1.82) is 0 Å². The molecule has 0 N–H and O–H groups in total. The van der Waals surface area contributed by atoms with Crippen molar-refractivity contribution in [3.05, 3.63) is 528 Å². The van der Waals surface area contributed by atoms with Crippen LogP contribution in [0.1, 0.15) is 80.6 Å². The van der Waals surface area contributed by atoms with Crippen LogP contribution < -0.4 is 19.6 Å². The first-order chi connectivity index (χ1) is 60.4. The highest BCUT2D eigenvalue weighted by Crippen LogP contribution is 2.61. The third-order valence-electron chi connectivity index (χ3n) is 25.7. The number of hydrogen-bond donors (Lipinski definition) is 0. The summed E-state index contributed by atoms with van der Waals surface area (Å²) in [4.78, 5) is 9.43. The largest absolute Gasteiger partial charge is 0.310 e. The van der Waals surface area contributed by atoms with E-state index in [1.165, 1.54) is 22.3 Å². The summed E-state index contributed by atoms with van der Waals surface area (Å²) in [6, 6.07) is 155. The molecule has 18 aromatic carbocycles. The molecule has 2 atom stereocenters. The Kier molecular flexibility index (Phi) is 18.7. The van der Waals surface area contributed by atoms with Crippen molar-refractivity contribution in [1.82, 2.24) is 0 Å². The van der Waals surface area contributed by atoms with Crippen LogP contribution in [0.15, 0.2) is 450 Å². The number of fused-ring (bicyclic) bond motifs is 9. The molecule has 0 saturated carbocycles. The number of para-hydroxylation sites is 4. The Morgan fingerprint density at radius 1 is 0.203 bits per heavy atom. The van der Waals surface area contributed by atoms with Crippen molar-refractivity contribution in [2.75, 3.05) is 19.6 Å². The predicted octanol–water partition coefficient (Wildman–Crippen LogP) is 31.5. The number of anilines is 12. The fourth-order valence-electron chi connectivity index (χ4n) is 19.8. The first-order valence-electron chi connectivity index (χ1n) is 42.0. The maximum Gasteiger partial charge on any atom is 0.123 e.